The van der Waals surface area contributed by atoms with Gasteiger partial charge in [0.15, 0.2) is 0 Å². The number of nitrogens with one attached hydrogen (secondary N) is 1. The molecule has 1 aromatic rings. The van der Waals surface area contributed by atoms with Crippen LogP contribution in [-0.2, 0) is 19.1 Å². The number of esters is 1. The van der Waals surface area contributed by atoms with Crippen LogP contribution in [-0.4, -0.2) is 40.9 Å². The highest BCUT2D eigenvalue weighted by Crippen LogP contribution is 2.31. The molecule has 0 bridgehead atoms. The van der Waals surface area contributed by atoms with Crippen LogP contribution in [0.15, 0.2) is 30.3 Å². The maximum atomic E-state index is 13.1. The van der Waals surface area contributed by atoms with Crippen molar-refractivity contribution in [2.24, 2.45) is 11.8 Å². The molecule has 1 N–H and O–H groups in total. The summed E-state index contributed by atoms with van der Waals surface area (Å²) in [5.74, 6) is -0.983. The smallest absolute Gasteiger partial charge is 0.329 e. The van der Waals surface area contributed by atoms with E-state index in [1.165, 1.54) is 0 Å². The Bertz CT molecular complexity index is 780. The summed E-state index contributed by atoms with van der Waals surface area (Å²) >= 11 is 0. The van der Waals surface area contributed by atoms with Gasteiger partial charge in [0, 0.05) is 13.0 Å². The van der Waals surface area contributed by atoms with Crippen LogP contribution in [0.5, 0.6) is 0 Å². The van der Waals surface area contributed by atoms with Gasteiger partial charge in [-0.1, -0.05) is 49.6 Å². The Labute approximate surface area is 185 Å². The van der Waals surface area contributed by atoms with Crippen LogP contribution >= 0.6 is 0 Å². The molecular formula is C25H36N2O4. The Morgan fingerprint density at radius 3 is 2.35 bits per heavy atom. The topological polar surface area (TPSA) is 75.7 Å². The average molecular weight is 429 g/mol. The fourth-order valence-corrected chi connectivity index (χ4v) is 4.67. The molecule has 0 spiro atoms. The number of benzene rings is 1. The molecule has 1 saturated heterocycles. The zero-order valence-electron chi connectivity index (χ0n) is 19.2. The first kappa shape index (κ1) is 23.3. The van der Waals surface area contributed by atoms with E-state index in [4.69, 9.17) is 4.74 Å². The molecule has 170 valence electrons. The minimum atomic E-state index is -0.650. The summed E-state index contributed by atoms with van der Waals surface area (Å²) in [6.07, 6.45) is 5.27. The quantitative estimate of drug-likeness (QED) is 0.695. The Morgan fingerprint density at radius 1 is 1.10 bits per heavy atom. The van der Waals surface area contributed by atoms with Crippen LogP contribution in [0.2, 0.25) is 0 Å². The Balaban J connectivity index is 1.68. The van der Waals surface area contributed by atoms with E-state index in [0.29, 0.717) is 6.54 Å². The van der Waals surface area contributed by atoms with E-state index < -0.39 is 17.6 Å². The van der Waals surface area contributed by atoms with Gasteiger partial charge >= 0.3 is 5.97 Å². The van der Waals surface area contributed by atoms with Gasteiger partial charge in [-0.15, -0.1) is 0 Å². The van der Waals surface area contributed by atoms with Crippen molar-refractivity contribution in [3.63, 3.8) is 0 Å². The fourth-order valence-electron chi connectivity index (χ4n) is 4.67. The van der Waals surface area contributed by atoms with E-state index in [-0.39, 0.29) is 36.2 Å². The van der Waals surface area contributed by atoms with Crippen molar-refractivity contribution >= 4 is 17.8 Å². The largest absolute Gasteiger partial charge is 0.458 e. The summed E-state index contributed by atoms with van der Waals surface area (Å²) in [5.41, 5.74) is 0.436. The van der Waals surface area contributed by atoms with Gasteiger partial charge in [0.05, 0.1) is 12.0 Å². The number of nitrogens with zero attached hydrogens (tertiary/aromatic N) is 1. The average Bonchev–Trinajstić information content (AvgIpc) is 3.13. The molecule has 3 atom stereocenters. The lowest BCUT2D eigenvalue weighted by molar-refractivity contribution is -0.161. The number of carbonyl (C=O) groups excluding carboxylic acids is 3. The predicted octanol–water partition coefficient (Wildman–Crippen LogP) is 4.00. The maximum Gasteiger partial charge on any atom is 0.329 e. The lowest BCUT2D eigenvalue weighted by Crippen LogP contribution is -2.51. The van der Waals surface area contributed by atoms with Crippen LogP contribution in [0.3, 0.4) is 0 Å². The molecule has 3 rings (SSSR count). The number of hydrogen-bond acceptors (Lipinski definition) is 4. The van der Waals surface area contributed by atoms with Gasteiger partial charge in [-0.2, -0.15) is 0 Å². The zero-order valence-corrected chi connectivity index (χ0v) is 19.2. The highest BCUT2D eigenvalue weighted by Gasteiger charge is 2.40. The molecule has 1 saturated carbocycles. The van der Waals surface area contributed by atoms with Crippen molar-refractivity contribution in [3.8, 4) is 0 Å². The number of carbonyl (C=O) groups is 3. The number of hydrogen-bond donors (Lipinski definition) is 1. The van der Waals surface area contributed by atoms with Crippen molar-refractivity contribution in [1.29, 1.82) is 0 Å². The molecule has 1 heterocycles. The van der Waals surface area contributed by atoms with Crippen molar-refractivity contribution in [2.75, 3.05) is 6.54 Å². The lowest BCUT2D eigenvalue weighted by Gasteiger charge is -2.32. The molecular weight excluding hydrogens is 392 g/mol. The molecule has 3 unspecified atom stereocenters. The molecule has 2 amide bonds. The molecule has 6 heteroatoms. The number of amides is 2. The molecule has 6 nitrogen and oxygen atoms in total. The van der Waals surface area contributed by atoms with Gasteiger partial charge < -0.3 is 15.0 Å². The Hall–Kier alpha value is -2.37. The summed E-state index contributed by atoms with van der Waals surface area (Å²) in [4.78, 5) is 40.5. The van der Waals surface area contributed by atoms with Gasteiger partial charge in [-0.05, 0) is 52.0 Å². The summed E-state index contributed by atoms with van der Waals surface area (Å²) in [6.45, 7) is 7.86. The van der Waals surface area contributed by atoms with E-state index in [0.717, 1.165) is 37.7 Å². The first-order chi connectivity index (χ1) is 14.7. The number of likely N-dealkylation sites (tertiary alicyclic amines) is 1. The number of ether oxygens (including phenoxy) is 1. The maximum absolute atomic E-state index is 13.1. The molecule has 2 fully saturated rings. The van der Waals surface area contributed by atoms with Crippen LogP contribution in [0.25, 0.3) is 0 Å². The predicted molar refractivity (Wildman–Crippen MR) is 119 cm³/mol. The van der Waals surface area contributed by atoms with E-state index >= 15 is 0 Å². The van der Waals surface area contributed by atoms with Crippen molar-refractivity contribution < 1.29 is 19.1 Å². The fraction of sp³-hybridized carbons (Fsp3) is 0.640. The highest BCUT2D eigenvalue weighted by molar-refractivity contribution is 5.92. The highest BCUT2D eigenvalue weighted by atomic mass is 16.6. The second-order valence-corrected chi connectivity index (χ2v) is 9.95. The lowest BCUT2D eigenvalue weighted by atomic mass is 9.83. The standard InChI is InChI=1S/C25H36N2O4/c1-17(18-11-7-5-8-12-18)27-16-20(15-21(27)28)23(29)26-22(19-13-9-6-10-14-19)24(30)31-25(2,3)4/h5,7-8,11-12,17,19-20,22H,6,9-10,13-16H2,1-4H3,(H,26,29). The number of rotatable bonds is 6. The van der Waals surface area contributed by atoms with E-state index in [9.17, 15) is 14.4 Å². The minimum Gasteiger partial charge on any atom is -0.458 e. The third-order valence-electron chi connectivity index (χ3n) is 6.36. The van der Waals surface area contributed by atoms with Gasteiger partial charge in [0.2, 0.25) is 11.8 Å². The Kier molecular flexibility index (Phi) is 7.39. The van der Waals surface area contributed by atoms with Gasteiger partial charge in [0.1, 0.15) is 11.6 Å². The zero-order chi connectivity index (χ0) is 22.6. The molecule has 1 aromatic carbocycles. The van der Waals surface area contributed by atoms with Gasteiger partial charge in [-0.3, -0.25) is 9.59 Å². The van der Waals surface area contributed by atoms with E-state index in [2.05, 4.69) is 5.32 Å². The summed E-state index contributed by atoms with van der Waals surface area (Å²) in [5, 5.41) is 2.98. The normalized spacial score (nSPS) is 22.1. The van der Waals surface area contributed by atoms with Crippen LogP contribution in [0.4, 0.5) is 0 Å². The molecule has 0 aromatic heterocycles. The second-order valence-electron chi connectivity index (χ2n) is 9.95. The SMILES string of the molecule is CC(c1ccccc1)N1CC(C(=O)NC(C(=O)OC(C)(C)C)C2CCCCC2)CC1=O. The molecule has 1 aliphatic carbocycles. The monoisotopic (exact) mass is 428 g/mol. The first-order valence-corrected chi connectivity index (χ1v) is 11.5. The second kappa shape index (κ2) is 9.84. The van der Waals surface area contributed by atoms with Crippen LogP contribution < -0.4 is 5.32 Å². The first-order valence-electron chi connectivity index (χ1n) is 11.5. The van der Waals surface area contributed by atoms with Crippen molar-refractivity contribution in [2.45, 2.75) is 83.9 Å². The third-order valence-corrected chi connectivity index (χ3v) is 6.36. The van der Waals surface area contributed by atoms with Crippen LogP contribution in [0, 0.1) is 11.8 Å². The van der Waals surface area contributed by atoms with E-state index in [1.54, 1.807) is 4.90 Å². The summed E-state index contributed by atoms with van der Waals surface area (Å²) in [7, 11) is 0. The van der Waals surface area contributed by atoms with E-state index in [1.807, 2.05) is 58.0 Å². The van der Waals surface area contributed by atoms with Crippen molar-refractivity contribution in [1.82, 2.24) is 10.2 Å². The summed E-state index contributed by atoms with van der Waals surface area (Å²) < 4.78 is 5.62. The van der Waals surface area contributed by atoms with Gasteiger partial charge in [-0.25, -0.2) is 4.79 Å². The van der Waals surface area contributed by atoms with Crippen LogP contribution in [0.1, 0.15) is 77.8 Å². The molecule has 0 radical (unpaired) electrons. The summed E-state index contributed by atoms with van der Waals surface area (Å²) in [6, 6.07) is 9.09. The van der Waals surface area contributed by atoms with Gasteiger partial charge in [0.25, 0.3) is 0 Å². The third kappa shape index (κ3) is 6.08. The minimum absolute atomic E-state index is 0.0250. The molecule has 1 aliphatic heterocycles. The molecule has 31 heavy (non-hydrogen) atoms. The van der Waals surface area contributed by atoms with Crippen molar-refractivity contribution in [3.05, 3.63) is 35.9 Å². The molecule has 2 aliphatic rings. The Morgan fingerprint density at radius 2 is 1.74 bits per heavy atom.